The van der Waals surface area contributed by atoms with Crippen molar-refractivity contribution in [1.29, 1.82) is 0 Å². The number of thiazole rings is 1. The number of ether oxygens (including phenoxy) is 2. The largest absolute Gasteiger partial charge is 0.493 e. The number of aromatic nitrogens is 1. The van der Waals surface area contributed by atoms with Crippen LogP contribution in [-0.4, -0.2) is 25.0 Å². The van der Waals surface area contributed by atoms with Gasteiger partial charge >= 0.3 is 0 Å². The van der Waals surface area contributed by atoms with Gasteiger partial charge in [0.05, 0.1) is 30.4 Å². The van der Waals surface area contributed by atoms with Gasteiger partial charge in [-0.05, 0) is 18.6 Å². The molecule has 1 aromatic carbocycles. The lowest BCUT2D eigenvalue weighted by molar-refractivity contribution is 0.102. The van der Waals surface area contributed by atoms with Crippen LogP contribution in [0.5, 0.6) is 11.5 Å². The number of aryl methyl sites for hydroxylation is 1. The lowest BCUT2D eigenvalue weighted by Crippen LogP contribution is -1.95. The van der Waals surface area contributed by atoms with Crippen LogP contribution in [0, 0.1) is 0 Å². The molecule has 0 aliphatic heterocycles. The van der Waals surface area contributed by atoms with Gasteiger partial charge in [-0.15, -0.1) is 11.3 Å². The van der Waals surface area contributed by atoms with E-state index >= 15 is 0 Å². The predicted octanol–water partition coefficient (Wildman–Crippen LogP) is 3.98. The van der Waals surface area contributed by atoms with Crippen LogP contribution >= 0.6 is 11.3 Å². The SMILES string of the molecule is CCCc1nc(-c2cccc(OC)c2OC)sc1C(C)=O. The molecular weight excluding hydrogens is 286 g/mol. The Morgan fingerprint density at radius 1 is 1.29 bits per heavy atom. The fraction of sp³-hybridized carbons (Fsp3) is 0.375. The molecule has 0 radical (unpaired) electrons. The highest BCUT2D eigenvalue weighted by molar-refractivity contribution is 7.17. The third kappa shape index (κ3) is 3.08. The standard InChI is InChI=1S/C16H19NO3S/c1-5-7-12-15(10(2)18)21-16(17-12)11-8-6-9-13(19-3)14(11)20-4/h6,8-9H,5,7H2,1-4H3. The fourth-order valence-electron chi connectivity index (χ4n) is 2.20. The summed E-state index contributed by atoms with van der Waals surface area (Å²) in [6, 6.07) is 5.67. The van der Waals surface area contributed by atoms with Crippen LogP contribution in [-0.2, 0) is 6.42 Å². The van der Waals surface area contributed by atoms with Gasteiger partial charge < -0.3 is 9.47 Å². The quantitative estimate of drug-likeness (QED) is 0.757. The number of carbonyl (C=O) groups is 1. The number of hydrogen-bond acceptors (Lipinski definition) is 5. The smallest absolute Gasteiger partial charge is 0.171 e. The Hall–Kier alpha value is -1.88. The van der Waals surface area contributed by atoms with Gasteiger partial charge in [0.2, 0.25) is 0 Å². The molecule has 0 aliphatic rings. The molecule has 0 unspecified atom stereocenters. The molecule has 0 atom stereocenters. The van der Waals surface area contributed by atoms with Crippen LogP contribution in [0.2, 0.25) is 0 Å². The molecule has 1 heterocycles. The minimum atomic E-state index is 0.0593. The van der Waals surface area contributed by atoms with Crippen molar-refractivity contribution < 1.29 is 14.3 Å². The minimum absolute atomic E-state index is 0.0593. The van der Waals surface area contributed by atoms with Gasteiger partial charge in [-0.2, -0.15) is 0 Å². The van der Waals surface area contributed by atoms with Crippen LogP contribution in [0.1, 0.15) is 35.6 Å². The summed E-state index contributed by atoms with van der Waals surface area (Å²) in [7, 11) is 3.21. The van der Waals surface area contributed by atoms with Gasteiger partial charge in [0, 0.05) is 6.92 Å². The number of nitrogens with zero attached hydrogens (tertiary/aromatic N) is 1. The zero-order chi connectivity index (χ0) is 15.4. The number of carbonyl (C=O) groups excluding carboxylic acids is 1. The summed E-state index contributed by atoms with van der Waals surface area (Å²) in [5.74, 6) is 1.36. The summed E-state index contributed by atoms with van der Waals surface area (Å²) in [5, 5.41) is 0.791. The van der Waals surface area contributed by atoms with Crippen molar-refractivity contribution in [3.05, 3.63) is 28.8 Å². The Bertz CT molecular complexity index is 649. The Labute approximate surface area is 128 Å². The first kappa shape index (κ1) is 15.5. The number of benzene rings is 1. The number of hydrogen-bond donors (Lipinski definition) is 0. The van der Waals surface area contributed by atoms with Gasteiger partial charge in [-0.3, -0.25) is 4.79 Å². The van der Waals surface area contributed by atoms with Crippen LogP contribution < -0.4 is 9.47 Å². The first-order chi connectivity index (χ1) is 10.1. The molecule has 4 nitrogen and oxygen atoms in total. The fourth-order valence-corrected chi connectivity index (χ4v) is 3.23. The highest BCUT2D eigenvalue weighted by Gasteiger charge is 2.19. The second kappa shape index (κ2) is 6.72. The number of rotatable bonds is 6. The summed E-state index contributed by atoms with van der Waals surface area (Å²) in [6.07, 6.45) is 1.76. The molecule has 0 N–H and O–H groups in total. The second-order valence-corrected chi connectivity index (χ2v) is 5.64. The molecule has 1 aromatic heterocycles. The van der Waals surface area contributed by atoms with Crippen LogP contribution in [0.3, 0.4) is 0 Å². The molecule has 0 aliphatic carbocycles. The molecule has 0 bridgehead atoms. The van der Waals surface area contributed by atoms with E-state index in [-0.39, 0.29) is 5.78 Å². The number of ketones is 1. The maximum Gasteiger partial charge on any atom is 0.171 e. The first-order valence-electron chi connectivity index (χ1n) is 6.84. The Balaban J connectivity index is 2.57. The van der Waals surface area contributed by atoms with Crippen LogP contribution in [0.4, 0.5) is 0 Å². The monoisotopic (exact) mass is 305 g/mol. The van der Waals surface area contributed by atoms with E-state index in [4.69, 9.17) is 9.47 Å². The minimum Gasteiger partial charge on any atom is -0.493 e. The molecule has 112 valence electrons. The van der Waals surface area contributed by atoms with Crippen molar-refractivity contribution in [1.82, 2.24) is 4.98 Å². The molecule has 0 amide bonds. The molecule has 0 saturated heterocycles. The zero-order valence-electron chi connectivity index (χ0n) is 12.7. The average molecular weight is 305 g/mol. The van der Waals surface area contributed by atoms with Crippen molar-refractivity contribution >= 4 is 17.1 Å². The third-order valence-corrected chi connectivity index (χ3v) is 4.37. The molecule has 0 saturated carbocycles. The summed E-state index contributed by atoms with van der Waals surface area (Å²) < 4.78 is 10.8. The zero-order valence-corrected chi connectivity index (χ0v) is 13.5. The summed E-state index contributed by atoms with van der Waals surface area (Å²) in [4.78, 5) is 17.1. The summed E-state index contributed by atoms with van der Waals surface area (Å²) in [6.45, 7) is 3.66. The maximum atomic E-state index is 11.8. The molecule has 5 heteroatoms. The Morgan fingerprint density at radius 2 is 2.05 bits per heavy atom. The molecule has 2 aromatic rings. The average Bonchev–Trinajstić information content (AvgIpc) is 2.90. The van der Waals surface area contributed by atoms with E-state index in [1.807, 2.05) is 18.2 Å². The summed E-state index contributed by atoms with van der Waals surface area (Å²) in [5.41, 5.74) is 1.72. The number of methoxy groups -OCH3 is 2. The third-order valence-electron chi connectivity index (χ3n) is 3.14. The number of para-hydroxylation sites is 1. The second-order valence-electron chi connectivity index (χ2n) is 4.64. The van der Waals surface area contributed by atoms with Crippen molar-refractivity contribution in [2.75, 3.05) is 14.2 Å². The molecule has 0 spiro atoms. The van der Waals surface area contributed by atoms with Crippen molar-refractivity contribution in [3.8, 4) is 22.1 Å². The highest BCUT2D eigenvalue weighted by atomic mass is 32.1. The van der Waals surface area contributed by atoms with Gasteiger partial charge in [0.25, 0.3) is 0 Å². The maximum absolute atomic E-state index is 11.8. The topological polar surface area (TPSA) is 48.4 Å². The lowest BCUT2D eigenvalue weighted by Gasteiger charge is -2.10. The van der Waals surface area contributed by atoms with E-state index in [1.54, 1.807) is 21.1 Å². The van der Waals surface area contributed by atoms with Gasteiger partial charge in [-0.25, -0.2) is 4.98 Å². The normalized spacial score (nSPS) is 10.5. The predicted molar refractivity (Wildman–Crippen MR) is 84.7 cm³/mol. The van der Waals surface area contributed by atoms with Crippen molar-refractivity contribution in [3.63, 3.8) is 0 Å². The van der Waals surface area contributed by atoms with Crippen molar-refractivity contribution in [2.24, 2.45) is 0 Å². The van der Waals surface area contributed by atoms with Crippen molar-refractivity contribution in [2.45, 2.75) is 26.7 Å². The van der Waals surface area contributed by atoms with E-state index in [2.05, 4.69) is 11.9 Å². The van der Waals surface area contributed by atoms with Gasteiger partial charge in [-0.1, -0.05) is 19.4 Å². The van der Waals surface area contributed by atoms with Crippen LogP contribution in [0.15, 0.2) is 18.2 Å². The molecular formula is C16H19NO3S. The Morgan fingerprint density at radius 3 is 2.62 bits per heavy atom. The molecule has 2 rings (SSSR count). The molecule has 21 heavy (non-hydrogen) atoms. The first-order valence-corrected chi connectivity index (χ1v) is 7.66. The van der Waals surface area contributed by atoms with Crippen LogP contribution in [0.25, 0.3) is 10.6 Å². The molecule has 0 fully saturated rings. The van der Waals surface area contributed by atoms with E-state index in [0.29, 0.717) is 11.5 Å². The van der Waals surface area contributed by atoms with E-state index < -0.39 is 0 Å². The number of Topliss-reactive ketones (excluding diaryl/α,β-unsaturated/α-hetero) is 1. The van der Waals surface area contributed by atoms with Gasteiger partial charge in [0.15, 0.2) is 17.3 Å². The highest BCUT2D eigenvalue weighted by Crippen LogP contribution is 2.40. The summed E-state index contributed by atoms with van der Waals surface area (Å²) >= 11 is 1.41. The lowest BCUT2D eigenvalue weighted by atomic mass is 10.2. The van der Waals surface area contributed by atoms with E-state index in [9.17, 15) is 4.79 Å². The van der Waals surface area contributed by atoms with Gasteiger partial charge in [0.1, 0.15) is 5.01 Å². The Kier molecular flexibility index (Phi) is 4.96. The van der Waals surface area contributed by atoms with E-state index in [1.165, 1.54) is 11.3 Å². The van der Waals surface area contributed by atoms with E-state index in [0.717, 1.165) is 34.0 Å².